The van der Waals surface area contributed by atoms with Crippen LogP contribution in [0, 0.1) is 7.14 Å². The van der Waals surface area contributed by atoms with Gasteiger partial charge in [-0.05, 0) is 105 Å². The van der Waals surface area contributed by atoms with E-state index in [0.29, 0.717) is 11.1 Å². The van der Waals surface area contributed by atoms with Crippen molar-refractivity contribution >= 4 is 51.0 Å². The smallest absolute Gasteiger partial charge is 0.194 e. The molecule has 2 heterocycles. The number of imidazole rings is 2. The second-order valence-corrected chi connectivity index (χ2v) is 14.7. The Morgan fingerprint density at radius 3 is 1.42 bits per heavy atom. The van der Waals surface area contributed by atoms with Crippen molar-refractivity contribution in [3.05, 3.63) is 164 Å². The van der Waals surface area contributed by atoms with Gasteiger partial charge in [0.1, 0.15) is 11.6 Å². The summed E-state index contributed by atoms with van der Waals surface area (Å²) in [4.78, 5) is 31.3. The molecule has 238 valence electrons. The molecule has 0 bridgehead atoms. The number of carbonyl (C=O) groups excluding carboxylic acids is 1. The number of benzene rings is 6. The quantitative estimate of drug-likeness (QED) is 0.164. The van der Waals surface area contributed by atoms with E-state index in [1.54, 1.807) is 0 Å². The summed E-state index contributed by atoms with van der Waals surface area (Å²) in [6.45, 7) is 0. The summed E-state index contributed by atoms with van der Waals surface area (Å²) in [5.41, 5.74) is 12.8. The van der Waals surface area contributed by atoms with E-state index >= 15 is 0 Å². The molecule has 5 nitrogen and oxygen atoms in total. The van der Waals surface area contributed by atoms with Gasteiger partial charge < -0.3 is 9.97 Å². The zero-order chi connectivity index (χ0) is 33.8. The van der Waals surface area contributed by atoms with Crippen LogP contribution in [-0.4, -0.2) is 25.7 Å². The highest BCUT2D eigenvalue weighted by Crippen LogP contribution is 2.43. The fourth-order valence-corrected chi connectivity index (χ4v) is 7.79. The first-order valence-corrected chi connectivity index (χ1v) is 18.3. The van der Waals surface area contributed by atoms with Crippen LogP contribution in [0.15, 0.2) is 146 Å². The number of hydrogen-bond acceptors (Lipinski definition) is 3. The van der Waals surface area contributed by atoms with Gasteiger partial charge in [-0.1, -0.05) is 97.1 Å². The zero-order valence-electron chi connectivity index (χ0n) is 26.4. The average Bonchev–Trinajstić information content (AvgIpc) is 3.88. The maximum absolute atomic E-state index is 13.8. The van der Waals surface area contributed by atoms with Gasteiger partial charge in [0, 0.05) is 51.6 Å². The molecule has 1 aliphatic carbocycles. The Morgan fingerprint density at radius 1 is 0.400 bits per heavy atom. The predicted octanol–water partition coefficient (Wildman–Crippen LogP) is 11.6. The first kappa shape index (κ1) is 30.9. The van der Waals surface area contributed by atoms with E-state index in [-0.39, 0.29) is 5.78 Å². The van der Waals surface area contributed by atoms with Gasteiger partial charge in [-0.25, -0.2) is 9.97 Å². The normalized spacial score (nSPS) is 11.8. The van der Waals surface area contributed by atoms with Crippen molar-refractivity contribution in [2.45, 2.75) is 0 Å². The molecule has 8 aromatic rings. The number of nitrogens with zero attached hydrogens (tertiary/aromatic N) is 2. The Bertz CT molecular complexity index is 2410. The molecule has 50 heavy (non-hydrogen) atoms. The van der Waals surface area contributed by atoms with Crippen LogP contribution in [0.2, 0.25) is 0 Å². The number of nitrogens with one attached hydrogen (secondary N) is 2. The van der Waals surface area contributed by atoms with Gasteiger partial charge in [-0.15, -0.1) is 0 Å². The Hall–Kier alpha value is -5.13. The van der Waals surface area contributed by atoms with E-state index in [1.165, 1.54) is 0 Å². The molecule has 0 saturated heterocycles. The molecule has 0 fully saturated rings. The zero-order valence-corrected chi connectivity index (χ0v) is 30.7. The van der Waals surface area contributed by atoms with Gasteiger partial charge >= 0.3 is 0 Å². The van der Waals surface area contributed by atoms with Gasteiger partial charge in [0.05, 0.1) is 22.8 Å². The van der Waals surface area contributed by atoms with E-state index < -0.39 is 0 Å². The molecule has 0 aliphatic heterocycles. The number of hydrogen-bond donors (Lipinski definition) is 2. The fourth-order valence-electron chi connectivity index (χ4n) is 6.71. The van der Waals surface area contributed by atoms with Gasteiger partial charge in [-0.3, -0.25) is 4.79 Å². The summed E-state index contributed by atoms with van der Waals surface area (Å²) in [6.07, 6.45) is 0. The number of rotatable bonds is 6. The third-order valence-electron chi connectivity index (χ3n) is 9.09. The second-order valence-electron chi connectivity index (χ2n) is 12.2. The average molecular weight is 869 g/mol. The molecule has 0 atom stereocenters. The maximum atomic E-state index is 13.8. The van der Waals surface area contributed by atoms with E-state index in [4.69, 9.17) is 9.97 Å². The lowest BCUT2D eigenvalue weighted by atomic mass is 9.97. The molecule has 7 heteroatoms. The highest BCUT2D eigenvalue weighted by atomic mass is 127. The molecule has 0 unspecified atom stereocenters. The van der Waals surface area contributed by atoms with Crippen LogP contribution in [0.4, 0.5) is 0 Å². The Kier molecular flexibility index (Phi) is 7.81. The molecule has 6 aromatic carbocycles. The topological polar surface area (TPSA) is 74.4 Å². The molecule has 0 amide bonds. The number of aromatic nitrogens is 4. The van der Waals surface area contributed by atoms with Gasteiger partial charge in [0.15, 0.2) is 5.78 Å². The molecule has 0 radical (unpaired) electrons. The summed E-state index contributed by atoms with van der Waals surface area (Å²) in [5, 5.41) is 0. The van der Waals surface area contributed by atoms with Crippen molar-refractivity contribution in [3.8, 4) is 78.9 Å². The summed E-state index contributed by atoms with van der Waals surface area (Å²) in [7, 11) is 0. The molecule has 0 saturated carbocycles. The van der Waals surface area contributed by atoms with Crippen molar-refractivity contribution in [2.75, 3.05) is 0 Å². The first-order valence-electron chi connectivity index (χ1n) is 16.2. The van der Waals surface area contributed by atoms with Gasteiger partial charge in [-0.2, -0.15) is 0 Å². The van der Waals surface area contributed by atoms with Gasteiger partial charge in [0.2, 0.25) is 0 Å². The summed E-state index contributed by atoms with van der Waals surface area (Å²) in [5.74, 6) is 1.63. The Labute approximate surface area is 316 Å². The van der Waals surface area contributed by atoms with Crippen molar-refractivity contribution in [1.29, 1.82) is 0 Å². The maximum Gasteiger partial charge on any atom is 0.194 e. The van der Waals surface area contributed by atoms with Crippen LogP contribution < -0.4 is 0 Å². The molecule has 2 N–H and O–H groups in total. The highest BCUT2D eigenvalue weighted by molar-refractivity contribution is 14.1. The molecule has 0 spiro atoms. The third-order valence-corrected chi connectivity index (χ3v) is 10.4. The lowest BCUT2D eigenvalue weighted by Gasteiger charge is -2.08. The minimum atomic E-state index is 0.0328. The number of ketones is 1. The van der Waals surface area contributed by atoms with E-state index in [0.717, 1.165) is 86.1 Å². The van der Waals surface area contributed by atoms with Crippen LogP contribution in [0.1, 0.15) is 15.9 Å². The Balaban J connectivity index is 1.19. The van der Waals surface area contributed by atoms with Crippen molar-refractivity contribution < 1.29 is 4.79 Å². The molecule has 1 aliphatic rings. The van der Waals surface area contributed by atoms with Gasteiger partial charge in [0.25, 0.3) is 0 Å². The number of carbonyl (C=O) groups is 1. The minimum Gasteiger partial charge on any atom is -0.337 e. The first-order chi connectivity index (χ1) is 24.5. The molecule has 9 rings (SSSR count). The molecule has 2 aromatic heterocycles. The van der Waals surface area contributed by atoms with Crippen LogP contribution in [0.5, 0.6) is 0 Å². The summed E-state index contributed by atoms with van der Waals surface area (Å²) >= 11 is 4.66. The number of halogens is 2. The molecular formula is C43H26I2N4O. The van der Waals surface area contributed by atoms with Crippen molar-refractivity contribution in [1.82, 2.24) is 19.9 Å². The second kappa shape index (κ2) is 12.6. The summed E-state index contributed by atoms with van der Waals surface area (Å²) in [6, 6.07) is 49.3. The van der Waals surface area contributed by atoms with Crippen molar-refractivity contribution in [2.24, 2.45) is 0 Å². The standard InChI is InChI=1S/C43H26I2N4O/c44-31-15-7-13-29(21-31)42-46-37(25-9-3-1-4-10-25)39(48-42)27-17-19-33-35(23-27)36-24-28(18-20-34(36)41(33)50)40-38(26-11-5-2-6-12-26)47-43(49-40)30-14-8-16-32(45)22-30/h1-24H,(H,46,48)(H,47,49). The number of fused-ring (bicyclic) bond motifs is 3. The SMILES string of the molecule is O=C1c2ccc(-c3nc(-c4cccc(I)c4)[nH]c3-c3ccccc3)cc2-c2cc(-c3[nH]c(-c4cccc(I)c4)nc3-c3ccccc3)ccc21. The van der Waals surface area contributed by atoms with Crippen LogP contribution >= 0.6 is 45.2 Å². The lowest BCUT2D eigenvalue weighted by Crippen LogP contribution is -1.95. The molecular weight excluding hydrogens is 842 g/mol. The van der Waals surface area contributed by atoms with Crippen LogP contribution in [-0.2, 0) is 0 Å². The predicted molar refractivity (Wildman–Crippen MR) is 218 cm³/mol. The Morgan fingerprint density at radius 2 is 0.860 bits per heavy atom. The van der Waals surface area contributed by atoms with Crippen LogP contribution in [0.25, 0.3) is 78.9 Å². The largest absolute Gasteiger partial charge is 0.337 e. The minimum absolute atomic E-state index is 0.0328. The number of H-pyrrole nitrogens is 2. The fraction of sp³-hybridized carbons (Fsp3) is 0. The van der Waals surface area contributed by atoms with Crippen molar-refractivity contribution in [3.63, 3.8) is 0 Å². The lowest BCUT2D eigenvalue weighted by molar-refractivity contribution is 0.104. The van der Waals surface area contributed by atoms with E-state index in [1.807, 2.05) is 72.8 Å². The highest BCUT2D eigenvalue weighted by Gasteiger charge is 2.29. The monoisotopic (exact) mass is 868 g/mol. The third kappa shape index (κ3) is 5.50. The van der Waals surface area contributed by atoms with E-state index in [2.05, 4.69) is 128 Å². The van der Waals surface area contributed by atoms with Crippen LogP contribution in [0.3, 0.4) is 0 Å². The number of aromatic amines is 2. The van der Waals surface area contributed by atoms with E-state index in [9.17, 15) is 4.79 Å². The summed E-state index contributed by atoms with van der Waals surface area (Å²) < 4.78 is 2.28.